The van der Waals surface area contributed by atoms with E-state index in [0.29, 0.717) is 6.04 Å². The van der Waals surface area contributed by atoms with E-state index >= 15 is 0 Å². The summed E-state index contributed by atoms with van der Waals surface area (Å²) in [6.07, 6.45) is 4.21. The van der Waals surface area contributed by atoms with Crippen molar-refractivity contribution in [3.63, 3.8) is 0 Å². The zero-order valence-corrected chi connectivity index (χ0v) is 27.9. The van der Waals surface area contributed by atoms with Crippen molar-refractivity contribution < 1.29 is 9.47 Å². The number of benzene rings is 4. The molecule has 0 radical (unpaired) electrons. The average molecular weight is 629 g/mol. The highest BCUT2D eigenvalue weighted by molar-refractivity contribution is 6.20. The lowest BCUT2D eigenvalue weighted by molar-refractivity contribution is 0.411. The van der Waals surface area contributed by atoms with Crippen molar-refractivity contribution in [3.05, 3.63) is 119 Å². The van der Waals surface area contributed by atoms with Gasteiger partial charge in [-0.2, -0.15) is 0 Å². The van der Waals surface area contributed by atoms with E-state index in [1.165, 1.54) is 33.6 Å². The Morgan fingerprint density at radius 3 is 1.96 bits per heavy atom. The molecular weight excluding hydrogens is 580 g/mol. The molecule has 0 aliphatic carbocycles. The first kappa shape index (κ1) is 34.2. The van der Waals surface area contributed by atoms with Gasteiger partial charge in [-0.15, -0.1) is 11.6 Å². The van der Waals surface area contributed by atoms with Crippen LogP contribution in [0.25, 0.3) is 0 Å². The molecule has 3 N–H and O–H groups in total. The molecule has 2 unspecified atom stereocenters. The normalized spacial score (nSPS) is 14.0. The summed E-state index contributed by atoms with van der Waals surface area (Å²) in [6.45, 7) is 4.06. The predicted octanol–water partition coefficient (Wildman–Crippen LogP) is 7.65. The Labute approximate surface area is 275 Å². The molecule has 2 aliphatic heterocycles. The van der Waals surface area contributed by atoms with Gasteiger partial charge < -0.3 is 30.3 Å². The van der Waals surface area contributed by atoms with E-state index in [4.69, 9.17) is 21.1 Å². The highest BCUT2D eigenvalue weighted by atomic mass is 35.5. The van der Waals surface area contributed by atoms with E-state index in [-0.39, 0.29) is 5.38 Å². The molecule has 0 aromatic heterocycles. The van der Waals surface area contributed by atoms with E-state index in [2.05, 4.69) is 87.6 Å². The van der Waals surface area contributed by atoms with Crippen LogP contribution in [0.5, 0.6) is 11.5 Å². The van der Waals surface area contributed by atoms with Gasteiger partial charge in [-0.1, -0.05) is 72.8 Å². The molecule has 240 valence electrons. The number of ether oxygens (including phenoxy) is 2. The maximum atomic E-state index is 6.14. The second-order valence-electron chi connectivity index (χ2n) is 11.2. The summed E-state index contributed by atoms with van der Waals surface area (Å²) in [4.78, 5) is 2.53. The molecule has 2 aliphatic rings. The summed E-state index contributed by atoms with van der Waals surface area (Å²) in [5, 5.41) is 9.80. The smallest absolute Gasteiger partial charge is 0.124 e. The number of rotatable bonds is 11. The lowest BCUT2D eigenvalue weighted by atomic mass is 10.0. The van der Waals surface area contributed by atoms with E-state index in [0.717, 1.165) is 63.4 Å². The molecule has 6 rings (SSSR count). The van der Waals surface area contributed by atoms with Gasteiger partial charge in [0.05, 0.1) is 25.6 Å². The van der Waals surface area contributed by atoms with Gasteiger partial charge in [0.2, 0.25) is 0 Å². The zero-order chi connectivity index (χ0) is 31.9. The maximum absolute atomic E-state index is 6.14. The summed E-state index contributed by atoms with van der Waals surface area (Å²) >= 11 is 6.14. The second-order valence-corrected chi connectivity index (χ2v) is 11.7. The van der Waals surface area contributed by atoms with Crippen molar-refractivity contribution in [1.82, 2.24) is 10.6 Å². The first-order valence-electron chi connectivity index (χ1n) is 16.0. The highest BCUT2D eigenvalue weighted by Gasteiger charge is 2.28. The lowest BCUT2D eigenvalue weighted by Gasteiger charge is -2.31. The molecule has 0 saturated carbocycles. The quantitative estimate of drug-likeness (QED) is 0.148. The predicted molar refractivity (Wildman–Crippen MR) is 191 cm³/mol. The SMILES string of the molecule is CNCCC(Cl)c1ccccc1.CNCCC(c1ccccc1)N1CCc2c(OC)cccc21.COc1cccc2c1CCN2. The number of alkyl halides is 1. The van der Waals surface area contributed by atoms with Crippen molar-refractivity contribution >= 4 is 23.0 Å². The topological polar surface area (TPSA) is 57.8 Å². The Bertz CT molecular complexity index is 1420. The molecule has 0 spiro atoms. The molecule has 4 aromatic carbocycles. The van der Waals surface area contributed by atoms with Crippen LogP contribution in [0.1, 0.15) is 46.5 Å². The van der Waals surface area contributed by atoms with Crippen molar-refractivity contribution in [2.45, 2.75) is 37.1 Å². The highest BCUT2D eigenvalue weighted by Crippen LogP contribution is 2.40. The van der Waals surface area contributed by atoms with E-state index in [9.17, 15) is 0 Å². The molecule has 45 heavy (non-hydrogen) atoms. The summed E-state index contributed by atoms with van der Waals surface area (Å²) in [6, 6.07) is 33.9. The molecular formula is C38H49ClN4O2. The molecule has 0 saturated heterocycles. The number of methoxy groups -OCH3 is 2. The Morgan fingerprint density at radius 2 is 1.31 bits per heavy atom. The lowest BCUT2D eigenvalue weighted by Crippen LogP contribution is -2.29. The van der Waals surface area contributed by atoms with Crippen LogP contribution in [0.4, 0.5) is 11.4 Å². The van der Waals surface area contributed by atoms with Crippen LogP contribution in [-0.2, 0) is 12.8 Å². The Morgan fingerprint density at radius 1 is 0.711 bits per heavy atom. The molecule has 6 nitrogen and oxygen atoms in total. The third-order valence-corrected chi connectivity index (χ3v) is 8.79. The minimum absolute atomic E-state index is 0.138. The minimum atomic E-state index is 0.138. The standard InChI is InChI=1S/C19H24N2O.C10H14ClN.C9H11NO/c1-20-13-11-17(15-7-4-3-5-8-15)21-14-12-16-18(21)9-6-10-19(16)22-2;1-12-8-7-10(11)9-5-3-2-4-6-9;1-11-9-4-2-3-8-7(9)5-6-10-8/h3-10,17,20H,11-14H2,1-2H3;2-6,10,12H,7-8H2,1H3;2-4,10H,5-6H2,1H3. The van der Waals surface area contributed by atoms with Crippen molar-refractivity contribution in [2.75, 3.05) is 64.7 Å². The first-order valence-corrected chi connectivity index (χ1v) is 16.4. The maximum Gasteiger partial charge on any atom is 0.124 e. The number of hydrogen-bond donors (Lipinski definition) is 3. The average Bonchev–Trinajstić information content (AvgIpc) is 3.77. The van der Waals surface area contributed by atoms with Gasteiger partial charge in [0, 0.05) is 35.6 Å². The molecule has 0 amide bonds. The molecule has 0 fully saturated rings. The summed E-state index contributed by atoms with van der Waals surface area (Å²) < 4.78 is 10.7. The number of fused-ring (bicyclic) bond motifs is 2. The first-order chi connectivity index (χ1) is 22.1. The van der Waals surface area contributed by atoms with Gasteiger partial charge in [-0.05, 0) is 88.3 Å². The van der Waals surface area contributed by atoms with Crippen LogP contribution >= 0.6 is 11.6 Å². The summed E-state index contributed by atoms with van der Waals surface area (Å²) in [5.74, 6) is 2.02. The number of hydrogen-bond acceptors (Lipinski definition) is 6. The van der Waals surface area contributed by atoms with Gasteiger partial charge in [0.25, 0.3) is 0 Å². The van der Waals surface area contributed by atoms with Crippen molar-refractivity contribution in [1.29, 1.82) is 0 Å². The van der Waals surface area contributed by atoms with Gasteiger partial charge in [0.15, 0.2) is 0 Å². The van der Waals surface area contributed by atoms with Gasteiger partial charge in [-0.25, -0.2) is 0 Å². The van der Waals surface area contributed by atoms with Gasteiger partial charge in [-0.3, -0.25) is 0 Å². The van der Waals surface area contributed by atoms with Crippen LogP contribution in [0.2, 0.25) is 0 Å². The van der Waals surface area contributed by atoms with Crippen molar-refractivity contribution in [3.8, 4) is 11.5 Å². The van der Waals surface area contributed by atoms with Crippen LogP contribution in [0.3, 0.4) is 0 Å². The largest absolute Gasteiger partial charge is 0.496 e. The van der Waals surface area contributed by atoms with E-state index in [1.54, 1.807) is 14.2 Å². The van der Waals surface area contributed by atoms with E-state index < -0.39 is 0 Å². The fourth-order valence-electron chi connectivity index (χ4n) is 6.00. The number of nitrogens with zero attached hydrogens (tertiary/aromatic N) is 1. The minimum Gasteiger partial charge on any atom is -0.496 e. The number of nitrogens with one attached hydrogen (secondary N) is 3. The Kier molecular flexibility index (Phi) is 13.9. The molecule has 2 heterocycles. The van der Waals surface area contributed by atoms with Crippen LogP contribution in [-0.4, -0.2) is 54.5 Å². The molecule has 4 aromatic rings. The number of halogens is 1. The van der Waals surface area contributed by atoms with Crippen molar-refractivity contribution in [2.24, 2.45) is 0 Å². The third-order valence-electron chi connectivity index (χ3n) is 8.32. The van der Waals surface area contributed by atoms with Crippen LogP contribution in [0.15, 0.2) is 97.1 Å². The van der Waals surface area contributed by atoms with Gasteiger partial charge >= 0.3 is 0 Å². The molecule has 0 bridgehead atoms. The summed E-state index contributed by atoms with van der Waals surface area (Å²) in [7, 11) is 7.43. The third kappa shape index (κ3) is 9.40. The number of anilines is 2. The Balaban J connectivity index is 0.000000169. The zero-order valence-electron chi connectivity index (χ0n) is 27.2. The molecule has 7 heteroatoms. The van der Waals surface area contributed by atoms with Crippen LogP contribution in [0, 0.1) is 0 Å². The van der Waals surface area contributed by atoms with E-state index in [1.807, 2.05) is 44.4 Å². The monoisotopic (exact) mass is 628 g/mol. The fourth-order valence-corrected chi connectivity index (χ4v) is 6.26. The second kappa shape index (κ2) is 18.3. The van der Waals surface area contributed by atoms with Gasteiger partial charge in [0.1, 0.15) is 11.5 Å². The fraction of sp³-hybridized carbons (Fsp3) is 0.368. The Hall–Kier alpha value is -3.71. The summed E-state index contributed by atoms with van der Waals surface area (Å²) in [5.41, 5.74) is 7.79. The molecule has 2 atom stereocenters. The van der Waals surface area contributed by atoms with Crippen LogP contribution < -0.4 is 30.3 Å².